The number of hydrogen-bond donors (Lipinski definition) is 0. The van der Waals surface area contributed by atoms with Crippen LogP contribution in [0, 0.1) is 17.7 Å². The number of esters is 1. The summed E-state index contributed by atoms with van der Waals surface area (Å²) in [6, 6.07) is 7.30. The number of carbonyl (C=O) groups excluding carboxylic acids is 1. The lowest BCUT2D eigenvalue weighted by molar-refractivity contribution is -0.150. The summed E-state index contributed by atoms with van der Waals surface area (Å²) in [6.45, 7) is 2.25. The van der Waals surface area contributed by atoms with Crippen molar-refractivity contribution in [2.75, 3.05) is 14.2 Å². The van der Waals surface area contributed by atoms with Gasteiger partial charge in [-0.05, 0) is 43.5 Å². The fraction of sp³-hybridized carbons (Fsp3) is 0.588. The second kappa shape index (κ2) is 5.41. The van der Waals surface area contributed by atoms with E-state index in [0.29, 0.717) is 12.0 Å². The number of halogens is 1. The van der Waals surface area contributed by atoms with Crippen molar-refractivity contribution in [3.05, 3.63) is 35.6 Å². The zero-order valence-corrected chi connectivity index (χ0v) is 12.8. The summed E-state index contributed by atoms with van der Waals surface area (Å²) in [4.78, 5) is 14.7. The molecule has 2 bridgehead atoms. The van der Waals surface area contributed by atoms with Gasteiger partial charge in [-0.15, -0.1) is 0 Å². The molecule has 0 spiro atoms. The molecule has 21 heavy (non-hydrogen) atoms. The highest BCUT2D eigenvalue weighted by atomic mass is 19.1. The largest absolute Gasteiger partial charge is 0.469 e. The lowest BCUT2D eigenvalue weighted by atomic mass is 9.76. The number of ether oxygens (including phenoxy) is 1. The third-order valence-corrected chi connectivity index (χ3v) is 5.43. The second-order valence-corrected chi connectivity index (χ2v) is 6.46. The molecule has 3 rings (SSSR count). The summed E-state index contributed by atoms with van der Waals surface area (Å²) in [5, 5.41) is 0. The molecule has 5 atom stereocenters. The van der Waals surface area contributed by atoms with Crippen molar-refractivity contribution in [2.24, 2.45) is 11.8 Å². The predicted molar refractivity (Wildman–Crippen MR) is 78.4 cm³/mol. The Bertz CT molecular complexity index is 530. The molecule has 2 aliphatic rings. The van der Waals surface area contributed by atoms with E-state index in [1.54, 1.807) is 0 Å². The predicted octanol–water partition coefficient (Wildman–Crippen LogP) is 2.81. The summed E-state index contributed by atoms with van der Waals surface area (Å²) in [7, 11) is 3.56. The van der Waals surface area contributed by atoms with Crippen molar-refractivity contribution < 1.29 is 13.9 Å². The molecule has 4 heteroatoms. The van der Waals surface area contributed by atoms with Crippen LogP contribution in [0.3, 0.4) is 0 Å². The van der Waals surface area contributed by atoms with Crippen LogP contribution in [-0.2, 0) is 9.53 Å². The number of methoxy groups -OCH3 is 1. The van der Waals surface area contributed by atoms with Crippen molar-refractivity contribution in [3.8, 4) is 0 Å². The van der Waals surface area contributed by atoms with Crippen LogP contribution in [0.5, 0.6) is 0 Å². The topological polar surface area (TPSA) is 29.5 Å². The first-order valence-electron chi connectivity index (χ1n) is 7.58. The van der Waals surface area contributed by atoms with E-state index in [-0.39, 0.29) is 29.7 Å². The van der Waals surface area contributed by atoms with Crippen LogP contribution in [0.25, 0.3) is 0 Å². The van der Waals surface area contributed by atoms with Gasteiger partial charge in [-0.2, -0.15) is 0 Å². The van der Waals surface area contributed by atoms with E-state index in [9.17, 15) is 9.18 Å². The van der Waals surface area contributed by atoms with Crippen molar-refractivity contribution in [3.63, 3.8) is 0 Å². The number of rotatable bonds is 2. The second-order valence-electron chi connectivity index (χ2n) is 6.46. The maximum absolute atomic E-state index is 13.2. The molecule has 114 valence electrons. The zero-order chi connectivity index (χ0) is 15.1. The molecule has 0 aliphatic carbocycles. The first-order valence-corrected chi connectivity index (χ1v) is 7.58. The van der Waals surface area contributed by atoms with Gasteiger partial charge in [-0.3, -0.25) is 9.69 Å². The average molecular weight is 291 g/mol. The number of piperidine rings is 1. The number of benzene rings is 1. The lowest BCUT2D eigenvalue weighted by Gasteiger charge is -2.42. The number of fused-ring (bicyclic) bond motifs is 2. The molecule has 0 N–H and O–H groups in total. The molecule has 0 amide bonds. The van der Waals surface area contributed by atoms with Gasteiger partial charge in [0.15, 0.2) is 0 Å². The molecule has 1 aromatic rings. The third kappa shape index (κ3) is 2.35. The van der Waals surface area contributed by atoms with Gasteiger partial charge < -0.3 is 4.74 Å². The molecular weight excluding hydrogens is 269 g/mol. The Morgan fingerprint density at radius 2 is 1.90 bits per heavy atom. The van der Waals surface area contributed by atoms with Crippen LogP contribution < -0.4 is 0 Å². The normalized spacial score (nSPS) is 35.7. The molecule has 5 unspecified atom stereocenters. The number of nitrogens with zero attached hydrogens (tertiary/aromatic N) is 1. The first kappa shape index (κ1) is 14.5. The molecule has 1 aromatic carbocycles. The zero-order valence-electron chi connectivity index (χ0n) is 12.8. The smallest absolute Gasteiger partial charge is 0.310 e. The quantitative estimate of drug-likeness (QED) is 0.785. The summed E-state index contributed by atoms with van der Waals surface area (Å²) >= 11 is 0. The van der Waals surface area contributed by atoms with Gasteiger partial charge >= 0.3 is 5.97 Å². The van der Waals surface area contributed by atoms with Crippen LogP contribution >= 0.6 is 0 Å². The van der Waals surface area contributed by atoms with Crippen LogP contribution in [0.1, 0.15) is 31.2 Å². The van der Waals surface area contributed by atoms with Gasteiger partial charge in [0.2, 0.25) is 0 Å². The van der Waals surface area contributed by atoms with E-state index in [4.69, 9.17) is 4.74 Å². The Kier molecular flexibility index (Phi) is 3.74. The van der Waals surface area contributed by atoms with Crippen LogP contribution in [0.15, 0.2) is 24.3 Å². The van der Waals surface area contributed by atoms with Gasteiger partial charge in [0.25, 0.3) is 0 Å². The Morgan fingerprint density at radius 3 is 2.52 bits per heavy atom. The van der Waals surface area contributed by atoms with Crippen LogP contribution in [0.4, 0.5) is 4.39 Å². The summed E-state index contributed by atoms with van der Waals surface area (Å²) in [5.74, 6) is 0.157. The molecule has 3 nitrogen and oxygen atoms in total. The van der Waals surface area contributed by atoms with E-state index in [1.165, 1.54) is 19.2 Å². The first-order chi connectivity index (χ1) is 10.0. The molecular formula is C17H22FNO2. The maximum Gasteiger partial charge on any atom is 0.310 e. The summed E-state index contributed by atoms with van der Waals surface area (Å²) in [5.41, 5.74) is 1.05. The molecule has 2 fully saturated rings. The van der Waals surface area contributed by atoms with Crippen molar-refractivity contribution in [1.29, 1.82) is 0 Å². The SMILES string of the molecule is COC(=O)C1C(c2ccc(F)cc2)CC2C(C)CC1N2C. The van der Waals surface area contributed by atoms with Gasteiger partial charge in [0.1, 0.15) is 5.82 Å². The lowest BCUT2D eigenvalue weighted by Crippen LogP contribution is -2.49. The molecule has 0 radical (unpaired) electrons. The minimum absolute atomic E-state index is 0.120. The van der Waals surface area contributed by atoms with E-state index in [0.717, 1.165) is 18.4 Å². The van der Waals surface area contributed by atoms with Crippen molar-refractivity contribution >= 4 is 5.97 Å². The van der Waals surface area contributed by atoms with E-state index in [2.05, 4.69) is 18.9 Å². The molecule has 2 saturated heterocycles. The number of carbonyl (C=O) groups is 1. The van der Waals surface area contributed by atoms with Crippen molar-refractivity contribution in [1.82, 2.24) is 4.90 Å². The molecule has 2 aliphatic heterocycles. The van der Waals surface area contributed by atoms with Gasteiger partial charge in [0.05, 0.1) is 13.0 Å². The highest BCUT2D eigenvalue weighted by molar-refractivity contribution is 5.75. The molecule has 0 saturated carbocycles. The van der Waals surface area contributed by atoms with E-state index >= 15 is 0 Å². The summed E-state index contributed by atoms with van der Waals surface area (Å²) in [6.07, 6.45) is 1.96. The Labute approximate surface area is 125 Å². The molecule has 0 aromatic heterocycles. The minimum atomic E-state index is -0.238. The highest BCUT2D eigenvalue weighted by Gasteiger charge is 2.52. The Morgan fingerprint density at radius 1 is 1.24 bits per heavy atom. The monoisotopic (exact) mass is 291 g/mol. The Hall–Kier alpha value is -1.42. The average Bonchev–Trinajstić information content (AvgIpc) is 2.66. The van der Waals surface area contributed by atoms with Crippen LogP contribution in [-0.4, -0.2) is 37.1 Å². The summed E-state index contributed by atoms with van der Waals surface area (Å²) < 4.78 is 18.2. The highest BCUT2D eigenvalue weighted by Crippen LogP contribution is 2.48. The van der Waals surface area contributed by atoms with Gasteiger partial charge in [-0.25, -0.2) is 4.39 Å². The Balaban J connectivity index is 1.97. The standard InChI is InChI=1S/C17H22FNO2/c1-10-8-15-16(17(20)21-3)13(9-14(10)19(15)2)11-4-6-12(18)7-5-11/h4-7,10,13-16H,8-9H2,1-3H3. The van der Waals surface area contributed by atoms with E-state index < -0.39 is 0 Å². The molecule has 2 heterocycles. The fourth-order valence-corrected chi connectivity index (χ4v) is 4.34. The van der Waals surface area contributed by atoms with E-state index in [1.807, 2.05) is 12.1 Å². The minimum Gasteiger partial charge on any atom is -0.469 e. The third-order valence-electron chi connectivity index (χ3n) is 5.43. The van der Waals surface area contributed by atoms with Gasteiger partial charge in [-0.1, -0.05) is 19.1 Å². The maximum atomic E-state index is 13.2. The van der Waals surface area contributed by atoms with Gasteiger partial charge in [0, 0.05) is 18.0 Å². The fourth-order valence-electron chi connectivity index (χ4n) is 4.34. The number of hydrogen-bond acceptors (Lipinski definition) is 3. The van der Waals surface area contributed by atoms with Crippen molar-refractivity contribution in [2.45, 2.75) is 37.8 Å². The van der Waals surface area contributed by atoms with Crippen LogP contribution in [0.2, 0.25) is 0 Å².